The van der Waals surface area contributed by atoms with Crippen LogP contribution in [0.4, 0.5) is 23.7 Å². The summed E-state index contributed by atoms with van der Waals surface area (Å²) in [5.74, 6) is 1.44. The van der Waals surface area contributed by atoms with Gasteiger partial charge in [0.15, 0.2) is 0 Å². The van der Waals surface area contributed by atoms with Gasteiger partial charge in [0.05, 0.1) is 12.2 Å². The maximum atomic E-state index is 12.7. The van der Waals surface area contributed by atoms with E-state index < -0.39 is 11.7 Å². The first-order valence-corrected chi connectivity index (χ1v) is 9.52. The fourth-order valence-electron chi connectivity index (χ4n) is 2.79. The van der Waals surface area contributed by atoms with E-state index in [-0.39, 0.29) is 11.4 Å². The molecule has 1 atom stereocenters. The average Bonchev–Trinajstić information content (AvgIpc) is 3.13. The van der Waals surface area contributed by atoms with E-state index >= 15 is 0 Å². The lowest BCUT2D eigenvalue weighted by Crippen LogP contribution is -2.34. The number of carbonyl (C=O) groups is 1. The van der Waals surface area contributed by atoms with Gasteiger partial charge in [-0.25, -0.2) is 4.79 Å². The predicted molar refractivity (Wildman–Crippen MR) is 100.0 cm³/mol. The van der Waals surface area contributed by atoms with Gasteiger partial charge in [0.1, 0.15) is 11.1 Å². The minimum atomic E-state index is -4.37. The summed E-state index contributed by atoms with van der Waals surface area (Å²) >= 11 is 1.53. The Kier molecular flexibility index (Phi) is 5.84. The maximum absolute atomic E-state index is 12.7. The zero-order valence-electron chi connectivity index (χ0n) is 14.6. The van der Waals surface area contributed by atoms with Crippen molar-refractivity contribution < 1.29 is 22.7 Å². The van der Waals surface area contributed by atoms with E-state index in [4.69, 9.17) is 4.74 Å². The van der Waals surface area contributed by atoms with Gasteiger partial charge in [-0.05, 0) is 48.9 Å². The van der Waals surface area contributed by atoms with Gasteiger partial charge >= 0.3 is 12.2 Å². The predicted octanol–water partition coefficient (Wildman–Crippen LogP) is 5.38. The maximum Gasteiger partial charge on any atom is 0.416 e. The van der Waals surface area contributed by atoms with E-state index in [1.165, 1.54) is 23.9 Å². The Labute approximate surface area is 159 Å². The third-order valence-corrected chi connectivity index (χ3v) is 5.35. The quantitative estimate of drug-likeness (QED) is 0.754. The molecule has 0 aliphatic carbocycles. The molecule has 1 aliphatic heterocycles. The SMILES string of the molecule is CCOc1ccc(NC(=O)N2CCS[C@@H]2c2ccc(C(F)(F)F)cc2)cc1. The Bertz CT molecular complexity index is 779. The molecule has 144 valence electrons. The smallest absolute Gasteiger partial charge is 0.416 e. The molecule has 0 spiro atoms. The van der Waals surface area contributed by atoms with Gasteiger partial charge in [-0.15, -0.1) is 11.8 Å². The van der Waals surface area contributed by atoms with E-state index in [1.54, 1.807) is 29.2 Å². The molecule has 1 fully saturated rings. The third kappa shape index (κ3) is 4.68. The van der Waals surface area contributed by atoms with E-state index in [9.17, 15) is 18.0 Å². The summed E-state index contributed by atoms with van der Waals surface area (Å²) in [5, 5.41) is 2.52. The molecule has 0 aromatic heterocycles. The molecular weight excluding hydrogens is 377 g/mol. The number of anilines is 1. The lowest BCUT2D eigenvalue weighted by atomic mass is 10.1. The average molecular weight is 396 g/mol. The minimum Gasteiger partial charge on any atom is -0.494 e. The highest BCUT2D eigenvalue weighted by Crippen LogP contribution is 2.39. The fraction of sp³-hybridized carbons (Fsp3) is 0.316. The van der Waals surface area contributed by atoms with E-state index in [0.717, 1.165) is 23.6 Å². The molecule has 0 unspecified atom stereocenters. The second-order valence-electron chi connectivity index (χ2n) is 5.92. The summed E-state index contributed by atoms with van der Waals surface area (Å²) in [6.45, 7) is 2.98. The first-order chi connectivity index (χ1) is 12.9. The summed E-state index contributed by atoms with van der Waals surface area (Å²) in [5.41, 5.74) is 0.610. The molecular formula is C19H19F3N2O2S. The van der Waals surface area contributed by atoms with Crippen molar-refractivity contribution in [2.45, 2.75) is 18.5 Å². The van der Waals surface area contributed by atoms with Crippen molar-refractivity contribution in [3.63, 3.8) is 0 Å². The van der Waals surface area contributed by atoms with Crippen LogP contribution >= 0.6 is 11.8 Å². The summed E-state index contributed by atoms with van der Waals surface area (Å²) in [6, 6.07) is 11.7. The Hall–Kier alpha value is -2.35. The standard InChI is InChI=1S/C19H19F3N2O2S/c1-2-26-16-9-7-15(8-10-16)23-18(25)24-11-12-27-17(24)13-3-5-14(6-4-13)19(20,21)22/h3-10,17H,2,11-12H2,1H3,(H,23,25)/t17-/m1/s1. The summed E-state index contributed by atoms with van der Waals surface area (Å²) in [4.78, 5) is 14.3. The van der Waals surface area contributed by atoms with Crippen molar-refractivity contribution in [2.75, 3.05) is 24.2 Å². The van der Waals surface area contributed by atoms with Gasteiger partial charge in [-0.3, -0.25) is 0 Å². The molecule has 2 aromatic rings. The Morgan fingerprint density at radius 2 is 1.85 bits per heavy atom. The topological polar surface area (TPSA) is 41.6 Å². The number of halogens is 3. The van der Waals surface area contributed by atoms with Gasteiger partial charge in [-0.1, -0.05) is 12.1 Å². The van der Waals surface area contributed by atoms with Crippen LogP contribution in [0.1, 0.15) is 23.4 Å². The summed E-state index contributed by atoms with van der Waals surface area (Å²) < 4.78 is 43.6. The van der Waals surface area contributed by atoms with Crippen LogP contribution in [0.3, 0.4) is 0 Å². The van der Waals surface area contributed by atoms with E-state index in [2.05, 4.69) is 5.32 Å². The second-order valence-corrected chi connectivity index (χ2v) is 7.11. The number of nitrogens with one attached hydrogen (secondary N) is 1. The zero-order valence-corrected chi connectivity index (χ0v) is 15.4. The number of hydrogen-bond acceptors (Lipinski definition) is 3. The van der Waals surface area contributed by atoms with Crippen molar-refractivity contribution in [3.8, 4) is 5.75 Å². The molecule has 1 aliphatic rings. The molecule has 8 heteroatoms. The van der Waals surface area contributed by atoms with Crippen LogP contribution in [0, 0.1) is 0 Å². The molecule has 3 rings (SSSR count). The molecule has 0 saturated carbocycles. The number of rotatable bonds is 4. The number of thioether (sulfide) groups is 1. The van der Waals surface area contributed by atoms with Gasteiger partial charge < -0.3 is 15.0 Å². The monoisotopic (exact) mass is 396 g/mol. The zero-order chi connectivity index (χ0) is 19.4. The van der Waals surface area contributed by atoms with Crippen LogP contribution in [0.5, 0.6) is 5.75 Å². The lowest BCUT2D eigenvalue weighted by molar-refractivity contribution is -0.137. The summed E-state index contributed by atoms with van der Waals surface area (Å²) in [7, 11) is 0. The number of urea groups is 1. The van der Waals surface area contributed by atoms with Crippen molar-refractivity contribution in [3.05, 3.63) is 59.7 Å². The molecule has 2 amide bonds. The molecule has 1 N–H and O–H groups in total. The van der Waals surface area contributed by atoms with Crippen molar-refractivity contribution in [1.29, 1.82) is 0 Å². The van der Waals surface area contributed by atoms with E-state index in [0.29, 0.717) is 24.4 Å². The highest BCUT2D eigenvalue weighted by Gasteiger charge is 2.33. The van der Waals surface area contributed by atoms with Gasteiger partial charge in [0.25, 0.3) is 0 Å². The molecule has 4 nitrogen and oxygen atoms in total. The third-order valence-electron chi connectivity index (χ3n) is 4.09. The van der Waals surface area contributed by atoms with Gasteiger partial charge in [0.2, 0.25) is 0 Å². The van der Waals surface area contributed by atoms with Crippen LogP contribution in [0.2, 0.25) is 0 Å². The van der Waals surface area contributed by atoms with Crippen LogP contribution in [-0.4, -0.2) is 29.8 Å². The largest absolute Gasteiger partial charge is 0.494 e. The van der Waals surface area contributed by atoms with Gasteiger partial charge in [0, 0.05) is 18.0 Å². The summed E-state index contributed by atoms with van der Waals surface area (Å²) in [6.07, 6.45) is -4.37. The number of carbonyl (C=O) groups excluding carboxylic acids is 1. The number of ether oxygens (including phenoxy) is 1. The Balaban J connectivity index is 1.69. The number of alkyl halides is 3. The van der Waals surface area contributed by atoms with E-state index in [1.807, 2.05) is 6.92 Å². The molecule has 1 heterocycles. The number of nitrogens with zero attached hydrogens (tertiary/aromatic N) is 1. The number of hydrogen-bond donors (Lipinski definition) is 1. The molecule has 27 heavy (non-hydrogen) atoms. The minimum absolute atomic E-state index is 0.283. The molecule has 0 radical (unpaired) electrons. The van der Waals surface area contributed by atoms with Crippen molar-refractivity contribution >= 4 is 23.5 Å². The molecule has 1 saturated heterocycles. The van der Waals surface area contributed by atoms with Gasteiger partial charge in [-0.2, -0.15) is 13.2 Å². The van der Waals surface area contributed by atoms with Crippen LogP contribution in [-0.2, 0) is 6.18 Å². The Morgan fingerprint density at radius 1 is 1.19 bits per heavy atom. The van der Waals surface area contributed by atoms with Crippen molar-refractivity contribution in [1.82, 2.24) is 4.90 Å². The highest BCUT2D eigenvalue weighted by molar-refractivity contribution is 7.99. The number of amides is 2. The normalized spacial score (nSPS) is 17.0. The fourth-order valence-corrected chi connectivity index (χ4v) is 4.04. The highest BCUT2D eigenvalue weighted by atomic mass is 32.2. The first-order valence-electron chi connectivity index (χ1n) is 8.47. The lowest BCUT2D eigenvalue weighted by Gasteiger charge is -2.24. The number of benzene rings is 2. The Morgan fingerprint density at radius 3 is 2.44 bits per heavy atom. The van der Waals surface area contributed by atoms with Crippen LogP contribution in [0.15, 0.2) is 48.5 Å². The van der Waals surface area contributed by atoms with Crippen LogP contribution < -0.4 is 10.1 Å². The first kappa shape index (κ1) is 19.4. The van der Waals surface area contributed by atoms with Crippen LogP contribution in [0.25, 0.3) is 0 Å². The molecule has 2 aromatic carbocycles. The van der Waals surface area contributed by atoms with Crippen molar-refractivity contribution in [2.24, 2.45) is 0 Å². The molecule has 0 bridgehead atoms. The second kappa shape index (κ2) is 8.12.